The molecule has 2 heterocycles. The summed E-state index contributed by atoms with van der Waals surface area (Å²) in [5.74, 6) is 1.81. The Balaban J connectivity index is 1.80. The molecule has 0 spiro atoms. The zero-order valence-corrected chi connectivity index (χ0v) is 10.0. The first-order valence-electron chi connectivity index (χ1n) is 5.63. The Bertz CT molecular complexity index is 377. The molecular weight excluding hydrogens is 204 g/mol. The highest BCUT2D eigenvalue weighted by atomic mass is 16.5. The molecule has 88 valence electrons. The van der Waals surface area contributed by atoms with Crippen molar-refractivity contribution in [2.75, 3.05) is 13.1 Å². The van der Waals surface area contributed by atoms with Gasteiger partial charge in [0, 0.05) is 18.2 Å². The molecular formula is C11H18N4O. The molecule has 1 aliphatic rings. The van der Waals surface area contributed by atoms with E-state index in [2.05, 4.69) is 27.7 Å². The van der Waals surface area contributed by atoms with Crippen molar-refractivity contribution in [3.05, 3.63) is 17.0 Å². The molecule has 1 aromatic rings. The summed E-state index contributed by atoms with van der Waals surface area (Å²) in [5.41, 5.74) is 2.17. The smallest absolute Gasteiger partial charge is 0.191 e. The SMILES string of the molecule is Cc1noc(C)c1CCNC1=NCC(C)N1. The van der Waals surface area contributed by atoms with Crippen LogP contribution >= 0.6 is 0 Å². The number of guanidine groups is 1. The van der Waals surface area contributed by atoms with Gasteiger partial charge in [-0.25, -0.2) is 0 Å². The van der Waals surface area contributed by atoms with Crippen molar-refractivity contribution in [2.24, 2.45) is 4.99 Å². The molecule has 0 radical (unpaired) electrons. The van der Waals surface area contributed by atoms with Gasteiger partial charge in [-0.3, -0.25) is 4.99 Å². The first-order chi connectivity index (χ1) is 7.66. The first kappa shape index (κ1) is 11.0. The Morgan fingerprint density at radius 1 is 1.50 bits per heavy atom. The minimum Gasteiger partial charge on any atom is -0.361 e. The molecule has 0 saturated heterocycles. The largest absolute Gasteiger partial charge is 0.361 e. The maximum absolute atomic E-state index is 5.11. The maximum Gasteiger partial charge on any atom is 0.191 e. The van der Waals surface area contributed by atoms with Crippen molar-refractivity contribution in [3.8, 4) is 0 Å². The third-order valence-electron chi connectivity index (χ3n) is 2.76. The van der Waals surface area contributed by atoms with E-state index in [4.69, 9.17) is 4.52 Å². The van der Waals surface area contributed by atoms with Crippen molar-refractivity contribution in [3.63, 3.8) is 0 Å². The van der Waals surface area contributed by atoms with Crippen LogP contribution in [-0.2, 0) is 6.42 Å². The summed E-state index contributed by atoms with van der Waals surface area (Å²) >= 11 is 0. The van der Waals surface area contributed by atoms with Crippen molar-refractivity contribution in [1.29, 1.82) is 0 Å². The number of nitrogens with zero attached hydrogens (tertiary/aromatic N) is 2. The van der Waals surface area contributed by atoms with E-state index in [1.807, 2.05) is 13.8 Å². The number of hydrogen-bond acceptors (Lipinski definition) is 5. The summed E-state index contributed by atoms with van der Waals surface area (Å²) < 4.78 is 5.11. The van der Waals surface area contributed by atoms with Gasteiger partial charge in [-0.2, -0.15) is 0 Å². The van der Waals surface area contributed by atoms with Gasteiger partial charge in [0.25, 0.3) is 0 Å². The maximum atomic E-state index is 5.11. The van der Waals surface area contributed by atoms with Crippen molar-refractivity contribution >= 4 is 5.96 Å². The molecule has 2 rings (SSSR count). The molecule has 16 heavy (non-hydrogen) atoms. The number of aryl methyl sites for hydroxylation is 2. The van der Waals surface area contributed by atoms with Gasteiger partial charge in [-0.1, -0.05) is 5.16 Å². The van der Waals surface area contributed by atoms with Crippen LogP contribution in [0.1, 0.15) is 23.9 Å². The second-order valence-corrected chi connectivity index (χ2v) is 4.21. The molecule has 0 aliphatic carbocycles. The van der Waals surface area contributed by atoms with Crippen LogP contribution in [-0.4, -0.2) is 30.2 Å². The molecule has 1 aliphatic heterocycles. The lowest BCUT2D eigenvalue weighted by Gasteiger charge is -2.08. The number of rotatable bonds is 3. The van der Waals surface area contributed by atoms with E-state index in [1.54, 1.807) is 0 Å². The fraction of sp³-hybridized carbons (Fsp3) is 0.636. The van der Waals surface area contributed by atoms with Gasteiger partial charge in [0.2, 0.25) is 0 Å². The monoisotopic (exact) mass is 222 g/mol. The number of aromatic nitrogens is 1. The predicted molar refractivity (Wildman–Crippen MR) is 62.6 cm³/mol. The lowest BCUT2D eigenvalue weighted by Crippen LogP contribution is -2.38. The highest BCUT2D eigenvalue weighted by molar-refractivity contribution is 5.81. The third-order valence-corrected chi connectivity index (χ3v) is 2.76. The predicted octanol–water partition coefficient (Wildman–Crippen LogP) is 0.771. The summed E-state index contributed by atoms with van der Waals surface area (Å²) in [6, 6.07) is 0.446. The molecule has 1 aromatic heterocycles. The zero-order valence-electron chi connectivity index (χ0n) is 10.0. The summed E-state index contributed by atoms with van der Waals surface area (Å²) in [4.78, 5) is 4.34. The standard InChI is InChI=1S/C11H18N4O/c1-7-6-13-11(14-7)12-5-4-10-8(2)15-16-9(10)3/h7H,4-6H2,1-3H3,(H2,12,13,14). The third kappa shape index (κ3) is 2.35. The lowest BCUT2D eigenvalue weighted by atomic mass is 10.1. The van der Waals surface area contributed by atoms with Gasteiger partial charge in [0.1, 0.15) is 5.76 Å². The fourth-order valence-corrected chi connectivity index (χ4v) is 1.82. The highest BCUT2D eigenvalue weighted by Gasteiger charge is 2.12. The van der Waals surface area contributed by atoms with Crippen molar-refractivity contribution in [1.82, 2.24) is 15.8 Å². The molecule has 0 bridgehead atoms. The van der Waals surface area contributed by atoms with Crippen LogP contribution < -0.4 is 10.6 Å². The molecule has 1 unspecified atom stereocenters. The van der Waals surface area contributed by atoms with Gasteiger partial charge >= 0.3 is 0 Å². The zero-order chi connectivity index (χ0) is 11.5. The molecule has 0 amide bonds. The Labute approximate surface area is 95.3 Å². The van der Waals surface area contributed by atoms with E-state index in [0.29, 0.717) is 6.04 Å². The van der Waals surface area contributed by atoms with Gasteiger partial charge in [0.05, 0.1) is 12.2 Å². The van der Waals surface area contributed by atoms with Crippen LogP contribution in [0.3, 0.4) is 0 Å². The lowest BCUT2D eigenvalue weighted by molar-refractivity contribution is 0.392. The van der Waals surface area contributed by atoms with Gasteiger partial charge in [-0.15, -0.1) is 0 Å². The quantitative estimate of drug-likeness (QED) is 0.793. The molecule has 5 heteroatoms. The molecule has 0 aromatic carbocycles. The highest BCUT2D eigenvalue weighted by Crippen LogP contribution is 2.11. The average molecular weight is 222 g/mol. The van der Waals surface area contributed by atoms with E-state index in [-0.39, 0.29) is 0 Å². The van der Waals surface area contributed by atoms with Crippen LogP contribution in [0.5, 0.6) is 0 Å². The number of nitrogens with one attached hydrogen (secondary N) is 2. The van der Waals surface area contributed by atoms with E-state index in [1.165, 1.54) is 5.56 Å². The average Bonchev–Trinajstić information content (AvgIpc) is 2.78. The fourth-order valence-electron chi connectivity index (χ4n) is 1.82. The summed E-state index contributed by atoms with van der Waals surface area (Å²) in [6.07, 6.45) is 0.913. The Morgan fingerprint density at radius 3 is 2.88 bits per heavy atom. The van der Waals surface area contributed by atoms with Crippen LogP contribution in [0.15, 0.2) is 9.52 Å². The molecule has 1 atom stereocenters. The minimum absolute atomic E-state index is 0.446. The van der Waals surface area contributed by atoms with E-state index in [0.717, 1.165) is 36.9 Å². The van der Waals surface area contributed by atoms with Crippen LogP contribution in [0.4, 0.5) is 0 Å². The van der Waals surface area contributed by atoms with E-state index >= 15 is 0 Å². The van der Waals surface area contributed by atoms with Gasteiger partial charge in [-0.05, 0) is 27.2 Å². The topological polar surface area (TPSA) is 62.5 Å². The van der Waals surface area contributed by atoms with Crippen molar-refractivity contribution < 1.29 is 4.52 Å². The van der Waals surface area contributed by atoms with Crippen LogP contribution in [0.25, 0.3) is 0 Å². The minimum atomic E-state index is 0.446. The van der Waals surface area contributed by atoms with Crippen LogP contribution in [0, 0.1) is 13.8 Å². The molecule has 0 saturated carbocycles. The first-order valence-corrected chi connectivity index (χ1v) is 5.63. The van der Waals surface area contributed by atoms with Gasteiger partial charge in [0.15, 0.2) is 5.96 Å². The van der Waals surface area contributed by atoms with E-state index in [9.17, 15) is 0 Å². The Morgan fingerprint density at radius 2 is 2.31 bits per heavy atom. The number of aliphatic imine (C=N–C) groups is 1. The number of hydrogen-bond donors (Lipinski definition) is 2. The van der Waals surface area contributed by atoms with Crippen LogP contribution in [0.2, 0.25) is 0 Å². The normalized spacial score (nSPS) is 19.4. The Kier molecular flexibility index (Phi) is 3.12. The van der Waals surface area contributed by atoms with E-state index < -0.39 is 0 Å². The van der Waals surface area contributed by atoms with Gasteiger partial charge < -0.3 is 15.2 Å². The summed E-state index contributed by atoms with van der Waals surface area (Å²) in [7, 11) is 0. The molecule has 5 nitrogen and oxygen atoms in total. The summed E-state index contributed by atoms with van der Waals surface area (Å²) in [5, 5.41) is 10.5. The second-order valence-electron chi connectivity index (χ2n) is 4.21. The summed E-state index contributed by atoms with van der Waals surface area (Å²) in [6.45, 7) is 7.74. The second kappa shape index (κ2) is 4.55. The molecule has 0 fully saturated rings. The van der Waals surface area contributed by atoms with Crippen molar-refractivity contribution in [2.45, 2.75) is 33.2 Å². The molecule has 2 N–H and O–H groups in total. The Hall–Kier alpha value is -1.52.